The molecule has 2 heterocycles. The van der Waals surface area contributed by atoms with Crippen molar-refractivity contribution in [3.8, 4) is 0 Å². The second kappa shape index (κ2) is 6.58. The van der Waals surface area contributed by atoms with E-state index in [1.807, 2.05) is 6.92 Å². The minimum Gasteiger partial charge on any atom is -0.408 e. The fourth-order valence-corrected chi connectivity index (χ4v) is 3.11. The summed E-state index contributed by atoms with van der Waals surface area (Å²) in [5, 5.41) is 2.93. The molecule has 1 fully saturated rings. The third kappa shape index (κ3) is 3.32. The van der Waals surface area contributed by atoms with Crippen LogP contribution in [0.5, 0.6) is 0 Å². The number of oxazole rings is 1. The molecule has 2 aromatic rings. The highest BCUT2D eigenvalue weighted by atomic mass is 16.4. The summed E-state index contributed by atoms with van der Waals surface area (Å²) in [6, 6.07) is 5.12. The molecule has 6 heteroatoms. The van der Waals surface area contributed by atoms with Crippen molar-refractivity contribution >= 4 is 22.7 Å². The third-order valence-corrected chi connectivity index (χ3v) is 4.63. The highest BCUT2D eigenvalue weighted by molar-refractivity contribution is 5.96. The van der Waals surface area contributed by atoms with Crippen LogP contribution in [0.4, 0.5) is 5.69 Å². The predicted octanol–water partition coefficient (Wildman–Crippen LogP) is 2.33. The maximum atomic E-state index is 12.5. The van der Waals surface area contributed by atoms with Gasteiger partial charge >= 0.3 is 5.76 Å². The number of benzene rings is 1. The Morgan fingerprint density at radius 3 is 2.61 bits per heavy atom. The average molecular weight is 317 g/mol. The summed E-state index contributed by atoms with van der Waals surface area (Å²) in [7, 11) is 1.66. The number of likely N-dealkylation sites (tertiary alicyclic amines) is 1. The summed E-state index contributed by atoms with van der Waals surface area (Å²) in [6.45, 7) is 3.89. The number of rotatable bonds is 3. The lowest BCUT2D eigenvalue weighted by Crippen LogP contribution is -2.42. The van der Waals surface area contributed by atoms with Gasteiger partial charge in [-0.15, -0.1) is 0 Å². The molecule has 0 bridgehead atoms. The lowest BCUT2D eigenvalue weighted by atomic mass is 10.2. The number of hydrogen-bond acceptors (Lipinski definition) is 4. The number of carbonyl (C=O) groups is 1. The Labute approximate surface area is 135 Å². The molecule has 1 unspecified atom stereocenters. The molecule has 0 spiro atoms. The average Bonchev–Trinajstić information content (AvgIpc) is 2.74. The molecular weight excluding hydrogens is 294 g/mol. The summed E-state index contributed by atoms with van der Waals surface area (Å²) in [4.78, 5) is 26.2. The number of fused-ring (bicyclic) bond motifs is 1. The van der Waals surface area contributed by atoms with Crippen molar-refractivity contribution in [2.45, 2.75) is 38.6 Å². The molecule has 0 aliphatic carbocycles. The number of hydrogen-bond donors (Lipinski definition) is 1. The highest BCUT2D eigenvalue weighted by Crippen LogP contribution is 2.19. The molecule has 1 N–H and O–H groups in total. The minimum atomic E-state index is -0.401. The number of carbonyl (C=O) groups excluding carboxylic acids is 1. The Kier molecular flexibility index (Phi) is 4.52. The first-order valence-electron chi connectivity index (χ1n) is 8.21. The Bertz CT molecular complexity index is 754. The second-order valence-corrected chi connectivity index (χ2v) is 6.22. The van der Waals surface area contributed by atoms with Gasteiger partial charge in [0.2, 0.25) is 5.91 Å². The van der Waals surface area contributed by atoms with Crippen molar-refractivity contribution in [2.75, 3.05) is 18.4 Å². The fraction of sp³-hybridized carbons (Fsp3) is 0.529. The lowest BCUT2D eigenvalue weighted by molar-refractivity contribution is -0.120. The van der Waals surface area contributed by atoms with Gasteiger partial charge in [0.15, 0.2) is 5.58 Å². The van der Waals surface area contributed by atoms with Crippen LogP contribution in [0.25, 0.3) is 11.1 Å². The van der Waals surface area contributed by atoms with E-state index in [0.29, 0.717) is 16.8 Å². The molecule has 1 atom stereocenters. The van der Waals surface area contributed by atoms with Crippen molar-refractivity contribution in [3.05, 3.63) is 28.7 Å². The molecule has 6 nitrogen and oxygen atoms in total. The van der Waals surface area contributed by atoms with Crippen LogP contribution in [-0.4, -0.2) is 34.5 Å². The quantitative estimate of drug-likeness (QED) is 0.943. The van der Waals surface area contributed by atoms with Gasteiger partial charge in [0.05, 0.1) is 11.6 Å². The maximum absolute atomic E-state index is 12.5. The zero-order valence-electron chi connectivity index (χ0n) is 13.7. The molecule has 1 aromatic carbocycles. The molecule has 0 saturated carbocycles. The van der Waals surface area contributed by atoms with E-state index in [2.05, 4.69) is 10.2 Å². The van der Waals surface area contributed by atoms with Crippen molar-refractivity contribution in [1.82, 2.24) is 9.47 Å². The van der Waals surface area contributed by atoms with E-state index >= 15 is 0 Å². The van der Waals surface area contributed by atoms with Gasteiger partial charge in [0.25, 0.3) is 0 Å². The first kappa shape index (κ1) is 15.8. The smallest absolute Gasteiger partial charge is 0.408 e. The largest absolute Gasteiger partial charge is 0.419 e. The number of aromatic nitrogens is 1. The molecule has 23 heavy (non-hydrogen) atoms. The van der Waals surface area contributed by atoms with E-state index in [4.69, 9.17) is 4.42 Å². The van der Waals surface area contributed by atoms with Gasteiger partial charge < -0.3 is 9.73 Å². The highest BCUT2D eigenvalue weighted by Gasteiger charge is 2.22. The van der Waals surface area contributed by atoms with Gasteiger partial charge in [-0.1, -0.05) is 12.8 Å². The summed E-state index contributed by atoms with van der Waals surface area (Å²) in [6.07, 6.45) is 4.79. The SMILES string of the molecule is CC(C(=O)Nc1ccc2c(c1)oc(=O)n2C)N1CCCCCC1. The van der Waals surface area contributed by atoms with Crippen LogP contribution in [0, 0.1) is 0 Å². The summed E-state index contributed by atoms with van der Waals surface area (Å²) in [5.41, 5.74) is 1.85. The predicted molar refractivity (Wildman–Crippen MR) is 89.6 cm³/mol. The molecular formula is C17H23N3O3. The Balaban J connectivity index is 1.72. The van der Waals surface area contributed by atoms with Gasteiger partial charge in [0.1, 0.15) is 0 Å². The maximum Gasteiger partial charge on any atom is 0.419 e. The van der Waals surface area contributed by atoms with Crippen molar-refractivity contribution in [1.29, 1.82) is 0 Å². The zero-order valence-corrected chi connectivity index (χ0v) is 13.7. The molecule has 1 amide bonds. The normalized spacial score (nSPS) is 17.8. The van der Waals surface area contributed by atoms with E-state index in [9.17, 15) is 9.59 Å². The molecule has 1 aliphatic rings. The number of nitrogens with one attached hydrogen (secondary N) is 1. The van der Waals surface area contributed by atoms with Crippen LogP contribution in [0.3, 0.4) is 0 Å². The number of nitrogens with zero attached hydrogens (tertiary/aromatic N) is 2. The Morgan fingerprint density at radius 1 is 1.22 bits per heavy atom. The number of amides is 1. The lowest BCUT2D eigenvalue weighted by Gasteiger charge is -2.26. The Hall–Kier alpha value is -2.08. The minimum absolute atomic E-state index is 0.0236. The standard InChI is InChI=1S/C17H23N3O3/c1-12(20-9-5-3-4-6-10-20)16(21)18-13-7-8-14-15(11-13)23-17(22)19(14)2/h7-8,11-12H,3-6,9-10H2,1-2H3,(H,18,21). The van der Waals surface area contributed by atoms with Gasteiger partial charge in [-0.3, -0.25) is 14.3 Å². The van der Waals surface area contributed by atoms with Gasteiger partial charge in [-0.05, 0) is 45.0 Å². The van der Waals surface area contributed by atoms with Gasteiger partial charge in [-0.2, -0.15) is 0 Å². The van der Waals surface area contributed by atoms with E-state index in [0.717, 1.165) is 25.9 Å². The fourth-order valence-electron chi connectivity index (χ4n) is 3.11. The van der Waals surface area contributed by atoms with E-state index in [1.165, 1.54) is 17.4 Å². The third-order valence-electron chi connectivity index (χ3n) is 4.63. The summed E-state index contributed by atoms with van der Waals surface area (Å²) in [5.74, 6) is -0.425. The van der Waals surface area contributed by atoms with E-state index in [-0.39, 0.29) is 11.9 Å². The summed E-state index contributed by atoms with van der Waals surface area (Å²) >= 11 is 0. The van der Waals surface area contributed by atoms with E-state index < -0.39 is 5.76 Å². The number of anilines is 1. The van der Waals surface area contributed by atoms with Crippen molar-refractivity contribution in [2.24, 2.45) is 7.05 Å². The van der Waals surface area contributed by atoms with Crippen LogP contribution in [0.2, 0.25) is 0 Å². The van der Waals surface area contributed by atoms with E-state index in [1.54, 1.807) is 25.2 Å². The summed E-state index contributed by atoms with van der Waals surface area (Å²) < 4.78 is 6.61. The molecule has 1 saturated heterocycles. The van der Waals surface area contributed by atoms with Crippen molar-refractivity contribution < 1.29 is 9.21 Å². The molecule has 124 valence electrons. The first-order valence-corrected chi connectivity index (χ1v) is 8.21. The van der Waals surface area contributed by atoms with Crippen molar-refractivity contribution in [3.63, 3.8) is 0 Å². The van der Waals surface area contributed by atoms with Crippen LogP contribution in [0.15, 0.2) is 27.4 Å². The molecule has 1 aliphatic heterocycles. The van der Waals surface area contributed by atoms with Gasteiger partial charge in [0, 0.05) is 18.8 Å². The number of aryl methyl sites for hydroxylation is 1. The van der Waals surface area contributed by atoms with Crippen LogP contribution >= 0.6 is 0 Å². The van der Waals surface area contributed by atoms with Crippen LogP contribution in [0.1, 0.15) is 32.6 Å². The Morgan fingerprint density at radius 2 is 1.91 bits per heavy atom. The topological polar surface area (TPSA) is 67.5 Å². The monoisotopic (exact) mass is 317 g/mol. The second-order valence-electron chi connectivity index (χ2n) is 6.22. The molecule has 1 aromatic heterocycles. The first-order chi connectivity index (χ1) is 11.1. The molecule has 0 radical (unpaired) electrons. The van der Waals surface area contributed by atoms with Crippen LogP contribution in [-0.2, 0) is 11.8 Å². The van der Waals surface area contributed by atoms with Gasteiger partial charge in [-0.25, -0.2) is 4.79 Å². The zero-order chi connectivity index (χ0) is 16.4. The molecule has 3 rings (SSSR count). The van der Waals surface area contributed by atoms with Crippen LogP contribution < -0.4 is 11.1 Å².